The lowest BCUT2D eigenvalue weighted by Gasteiger charge is -2.29. The van der Waals surface area contributed by atoms with Gasteiger partial charge in [-0.05, 0) is 35.7 Å². The van der Waals surface area contributed by atoms with Crippen molar-refractivity contribution in [1.29, 1.82) is 0 Å². The Morgan fingerprint density at radius 3 is 2.65 bits per heavy atom. The molecule has 20 heavy (non-hydrogen) atoms. The van der Waals surface area contributed by atoms with Crippen molar-refractivity contribution in [3.05, 3.63) is 65.0 Å². The number of hydrogen-bond donors (Lipinski definition) is 1. The van der Waals surface area contributed by atoms with Crippen molar-refractivity contribution in [2.45, 2.75) is 17.9 Å². The highest BCUT2D eigenvalue weighted by molar-refractivity contribution is 7.80. The maximum Gasteiger partial charge on any atom is 0.254 e. The first-order chi connectivity index (χ1) is 9.65. The summed E-state index contributed by atoms with van der Waals surface area (Å²) in [5.74, 6) is -0.483. The highest BCUT2D eigenvalue weighted by Gasteiger charge is 2.21. The van der Waals surface area contributed by atoms with Gasteiger partial charge in [0.25, 0.3) is 5.91 Å². The summed E-state index contributed by atoms with van der Waals surface area (Å²) in [4.78, 5) is 14.4. The minimum atomic E-state index is -0.408. The Morgan fingerprint density at radius 2 is 1.90 bits per heavy atom. The van der Waals surface area contributed by atoms with E-state index in [2.05, 4.69) is 18.7 Å². The second-order valence-corrected chi connectivity index (χ2v) is 5.39. The van der Waals surface area contributed by atoms with Crippen molar-refractivity contribution in [2.75, 3.05) is 6.54 Å². The molecule has 0 fully saturated rings. The molecule has 2 nitrogen and oxygen atoms in total. The van der Waals surface area contributed by atoms with Gasteiger partial charge in [-0.1, -0.05) is 24.3 Å². The van der Waals surface area contributed by atoms with E-state index in [0.717, 1.165) is 6.42 Å². The van der Waals surface area contributed by atoms with Crippen molar-refractivity contribution in [3.63, 3.8) is 0 Å². The molecule has 0 aromatic heterocycles. The van der Waals surface area contributed by atoms with Gasteiger partial charge < -0.3 is 4.90 Å². The van der Waals surface area contributed by atoms with Gasteiger partial charge in [0.15, 0.2) is 0 Å². The molecule has 0 saturated heterocycles. The van der Waals surface area contributed by atoms with Crippen LogP contribution in [0.1, 0.15) is 21.5 Å². The van der Waals surface area contributed by atoms with Crippen LogP contribution < -0.4 is 0 Å². The summed E-state index contributed by atoms with van der Waals surface area (Å²) >= 11 is 4.03. The Morgan fingerprint density at radius 1 is 1.15 bits per heavy atom. The van der Waals surface area contributed by atoms with Crippen molar-refractivity contribution in [2.24, 2.45) is 0 Å². The molecular weight excluding hydrogens is 273 g/mol. The van der Waals surface area contributed by atoms with Crippen LogP contribution in [-0.4, -0.2) is 17.4 Å². The molecule has 2 aromatic rings. The lowest BCUT2D eigenvalue weighted by atomic mass is 9.99. The monoisotopic (exact) mass is 287 g/mol. The van der Waals surface area contributed by atoms with E-state index in [9.17, 15) is 9.18 Å². The highest BCUT2D eigenvalue weighted by atomic mass is 32.1. The minimum Gasteiger partial charge on any atom is -0.334 e. The van der Waals surface area contributed by atoms with E-state index >= 15 is 0 Å². The lowest BCUT2D eigenvalue weighted by Crippen LogP contribution is -2.35. The van der Waals surface area contributed by atoms with Crippen LogP contribution in [0.25, 0.3) is 0 Å². The van der Waals surface area contributed by atoms with E-state index in [1.807, 2.05) is 18.2 Å². The molecule has 1 heterocycles. The smallest absolute Gasteiger partial charge is 0.254 e. The summed E-state index contributed by atoms with van der Waals surface area (Å²) in [6, 6.07) is 12.4. The number of carbonyl (C=O) groups is 1. The fraction of sp³-hybridized carbons (Fsp3) is 0.188. The Bertz CT molecular complexity index is 671. The lowest BCUT2D eigenvalue weighted by molar-refractivity contribution is 0.0734. The SMILES string of the molecule is O=C(c1ccc(F)c(S)c1)N1CCc2ccccc2C1. The summed E-state index contributed by atoms with van der Waals surface area (Å²) in [6.07, 6.45) is 0.858. The third-order valence-electron chi connectivity index (χ3n) is 3.61. The van der Waals surface area contributed by atoms with Crippen LogP contribution >= 0.6 is 12.6 Å². The van der Waals surface area contributed by atoms with Crippen LogP contribution in [0, 0.1) is 5.82 Å². The van der Waals surface area contributed by atoms with Crippen LogP contribution in [0.15, 0.2) is 47.4 Å². The Labute approximate surface area is 122 Å². The van der Waals surface area contributed by atoms with Crippen LogP contribution in [-0.2, 0) is 13.0 Å². The van der Waals surface area contributed by atoms with Gasteiger partial charge in [0.2, 0.25) is 0 Å². The number of hydrogen-bond acceptors (Lipinski definition) is 2. The second kappa shape index (κ2) is 5.29. The van der Waals surface area contributed by atoms with Crippen LogP contribution in [0.4, 0.5) is 4.39 Å². The molecule has 0 unspecified atom stereocenters. The molecule has 0 N–H and O–H groups in total. The van der Waals surface area contributed by atoms with Gasteiger partial charge >= 0.3 is 0 Å². The molecule has 0 atom stereocenters. The number of carbonyl (C=O) groups excluding carboxylic acids is 1. The molecule has 1 amide bonds. The van der Waals surface area contributed by atoms with Crippen LogP contribution in [0.3, 0.4) is 0 Å². The first-order valence-corrected chi connectivity index (χ1v) is 6.94. The van der Waals surface area contributed by atoms with Crippen LogP contribution in [0.5, 0.6) is 0 Å². The van der Waals surface area contributed by atoms with E-state index in [0.29, 0.717) is 18.7 Å². The predicted octanol–water partition coefficient (Wildman–Crippen LogP) is 3.31. The van der Waals surface area contributed by atoms with Gasteiger partial charge in [0.05, 0.1) is 0 Å². The minimum absolute atomic E-state index is 0.0743. The number of rotatable bonds is 1. The molecule has 3 rings (SSSR count). The predicted molar refractivity (Wildman–Crippen MR) is 78.5 cm³/mol. The average Bonchev–Trinajstić information content (AvgIpc) is 2.49. The van der Waals surface area contributed by atoms with E-state index in [1.165, 1.54) is 29.3 Å². The fourth-order valence-corrected chi connectivity index (χ4v) is 2.71. The molecule has 4 heteroatoms. The molecule has 102 valence electrons. The Balaban J connectivity index is 1.84. The normalized spacial score (nSPS) is 14.0. The molecule has 0 spiro atoms. The van der Waals surface area contributed by atoms with Gasteiger partial charge in [0, 0.05) is 23.5 Å². The highest BCUT2D eigenvalue weighted by Crippen LogP contribution is 2.21. The van der Waals surface area contributed by atoms with E-state index < -0.39 is 5.82 Å². The maximum absolute atomic E-state index is 13.2. The third-order valence-corrected chi connectivity index (χ3v) is 3.95. The van der Waals surface area contributed by atoms with Crippen molar-refractivity contribution in [3.8, 4) is 0 Å². The largest absolute Gasteiger partial charge is 0.334 e. The standard InChI is InChI=1S/C16H14FNOS/c17-14-6-5-12(9-15(14)20)16(19)18-8-7-11-3-1-2-4-13(11)10-18/h1-6,9,20H,7-8,10H2. The summed E-state index contributed by atoms with van der Waals surface area (Å²) in [5, 5.41) is 0. The van der Waals surface area contributed by atoms with Crippen molar-refractivity contribution in [1.82, 2.24) is 4.90 Å². The quantitative estimate of drug-likeness (QED) is 0.798. The second-order valence-electron chi connectivity index (χ2n) is 4.91. The number of fused-ring (bicyclic) bond motifs is 1. The molecule has 1 aliphatic heterocycles. The van der Waals surface area contributed by atoms with Crippen LogP contribution in [0.2, 0.25) is 0 Å². The molecule has 0 aliphatic carbocycles. The van der Waals surface area contributed by atoms with Gasteiger partial charge in [-0.2, -0.15) is 0 Å². The number of benzene rings is 2. The average molecular weight is 287 g/mol. The number of nitrogens with zero attached hydrogens (tertiary/aromatic N) is 1. The summed E-state index contributed by atoms with van der Waals surface area (Å²) in [7, 11) is 0. The van der Waals surface area contributed by atoms with Crippen molar-refractivity contribution >= 4 is 18.5 Å². The maximum atomic E-state index is 13.2. The molecule has 0 radical (unpaired) electrons. The molecule has 0 bridgehead atoms. The van der Waals surface area contributed by atoms with Crippen molar-refractivity contribution < 1.29 is 9.18 Å². The number of amides is 1. The fourth-order valence-electron chi connectivity index (χ4n) is 2.50. The van der Waals surface area contributed by atoms with Gasteiger partial charge in [-0.3, -0.25) is 4.79 Å². The van der Waals surface area contributed by atoms with E-state index in [4.69, 9.17) is 0 Å². The molecule has 1 aliphatic rings. The first kappa shape index (κ1) is 13.2. The molecule has 2 aromatic carbocycles. The summed E-state index contributed by atoms with van der Waals surface area (Å²) in [6.45, 7) is 1.30. The summed E-state index contributed by atoms with van der Waals surface area (Å²) < 4.78 is 13.2. The van der Waals surface area contributed by atoms with Gasteiger partial charge in [-0.25, -0.2) is 4.39 Å². The zero-order valence-electron chi connectivity index (χ0n) is 10.8. The van der Waals surface area contributed by atoms with Gasteiger partial charge in [0.1, 0.15) is 5.82 Å². The first-order valence-electron chi connectivity index (χ1n) is 6.50. The summed E-state index contributed by atoms with van der Waals surface area (Å²) in [5.41, 5.74) is 2.96. The number of thiol groups is 1. The topological polar surface area (TPSA) is 20.3 Å². The molecule has 0 saturated carbocycles. The Hall–Kier alpha value is -1.81. The van der Waals surface area contributed by atoms with E-state index in [1.54, 1.807) is 4.90 Å². The van der Waals surface area contributed by atoms with Gasteiger partial charge in [-0.15, -0.1) is 12.6 Å². The number of halogens is 1. The zero-order chi connectivity index (χ0) is 14.1. The Kier molecular flexibility index (Phi) is 3.49. The zero-order valence-corrected chi connectivity index (χ0v) is 11.7. The molecular formula is C16H14FNOS. The third kappa shape index (κ3) is 2.43. The van der Waals surface area contributed by atoms with E-state index in [-0.39, 0.29) is 10.8 Å².